The van der Waals surface area contributed by atoms with Crippen LogP contribution in [-0.2, 0) is 20.2 Å². The van der Waals surface area contributed by atoms with Crippen molar-refractivity contribution in [3.05, 3.63) is 23.3 Å². The van der Waals surface area contributed by atoms with Crippen molar-refractivity contribution < 1.29 is 51.5 Å². The summed E-state index contributed by atoms with van der Waals surface area (Å²) in [5, 5.41) is 0. The highest BCUT2D eigenvalue weighted by atomic mass is 32.2. The lowest BCUT2D eigenvalue weighted by atomic mass is 9.66. The number of alkyl halides is 6. The van der Waals surface area contributed by atoms with Gasteiger partial charge < -0.3 is 8.37 Å². The largest absolute Gasteiger partial charge is 0.534 e. The molecule has 0 amide bonds. The van der Waals surface area contributed by atoms with E-state index in [4.69, 9.17) is 0 Å². The Morgan fingerprint density at radius 1 is 0.679 bits per heavy atom. The molecule has 1 fully saturated rings. The highest BCUT2D eigenvalue weighted by Gasteiger charge is 2.51. The van der Waals surface area contributed by atoms with E-state index in [1.54, 1.807) is 0 Å². The van der Waals surface area contributed by atoms with Crippen LogP contribution in [0.15, 0.2) is 12.1 Å². The van der Waals surface area contributed by atoms with Crippen LogP contribution in [0.25, 0.3) is 0 Å². The first-order chi connectivity index (χ1) is 12.6. The molecular weight excluding hydrogens is 442 g/mol. The van der Waals surface area contributed by atoms with Crippen molar-refractivity contribution in [3.8, 4) is 11.5 Å². The standard InChI is InChI=1S/C14H12F6O6S2/c15-13(16,17)27(21,22)25-9-5-6-10(26-28(23,24)14(18,19)20)12-8-2-1-7(3-4-8)11(9)12/h5-8H,1-4H2. The van der Waals surface area contributed by atoms with E-state index in [9.17, 15) is 43.2 Å². The smallest absolute Gasteiger partial charge is 0.376 e. The summed E-state index contributed by atoms with van der Waals surface area (Å²) in [7, 11) is -12.0. The summed E-state index contributed by atoms with van der Waals surface area (Å²) in [6.45, 7) is 0. The lowest BCUT2D eigenvalue weighted by Gasteiger charge is -2.39. The lowest BCUT2D eigenvalue weighted by molar-refractivity contribution is -0.0506. The Labute approximate surface area is 155 Å². The van der Waals surface area contributed by atoms with Crippen LogP contribution in [0.3, 0.4) is 0 Å². The molecule has 1 saturated carbocycles. The maximum atomic E-state index is 12.6. The average Bonchev–Trinajstić information content (AvgIpc) is 2.55. The summed E-state index contributed by atoms with van der Waals surface area (Å²) in [5.41, 5.74) is -11.5. The maximum Gasteiger partial charge on any atom is 0.534 e. The molecule has 0 aromatic heterocycles. The highest BCUT2D eigenvalue weighted by Crippen LogP contribution is 2.56. The van der Waals surface area contributed by atoms with Crippen LogP contribution in [-0.4, -0.2) is 27.9 Å². The minimum atomic E-state index is -6.01. The molecule has 0 aliphatic heterocycles. The highest BCUT2D eigenvalue weighted by molar-refractivity contribution is 7.88. The van der Waals surface area contributed by atoms with Crippen LogP contribution in [0.1, 0.15) is 48.6 Å². The van der Waals surface area contributed by atoms with Gasteiger partial charge in [-0.15, -0.1) is 0 Å². The van der Waals surface area contributed by atoms with Gasteiger partial charge in [0.05, 0.1) is 0 Å². The topological polar surface area (TPSA) is 86.7 Å². The molecule has 6 nitrogen and oxygen atoms in total. The van der Waals surface area contributed by atoms with E-state index in [1.165, 1.54) is 0 Å². The molecule has 14 heteroatoms. The van der Waals surface area contributed by atoms with Crippen LogP contribution in [0.2, 0.25) is 0 Å². The van der Waals surface area contributed by atoms with Gasteiger partial charge in [-0.3, -0.25) is 0 Å². The number of rotatable bonds is 4. The summed E-state index contributed by atoms with van der Waals surface area (Å²) < 4.78 is 130. The molecule has 0 N–H and O–H groups in total. The fraction of sp³-hybridized carbons (Fsp3) is 0.571. The third kappa shape index (κ3) is 3.51. The lowest BCUT2D eigenvalue weighted by Crippen LogP contribution is -2.31. The van der Waals surface area contributed by atoms with Gasteiger partial charge in [0.1, 0.15) is 11.5 Å². The molecule has 2 bridgehead atoms. The van der Waals surface area contributed by atoms with E-state index < -0.39 is 54.6 Å². The Kier molecular flexibility index (Phi) is 4.81. The maximum absolute atomic E-state index is 12.6. The van der Waals surface area contributed by atoms with E-state index in [1.807, 2.05) is 0 Å². The molecule has 1 aromatic carbocycles. The van der Waals surface area contributed by atoms with Crippen LogP contribution in [0, 0.1) is 0 Å². The molecule has 0 spiro atoms. The second kappa shape index (κ2) is 6.40. The van der Waals surface area contributed by atoms with Gasteiger partial charge in [0.15, 0.2) is 0 Å². The van der Waals surface area contributed by atoms with Crippen molar-refractivity contribution in [2.75, 3.05) is 0 Å². The van der Waals surface area contributed by atoms with Crippen molar-refractivity contribution in [1.29, 1.82) is 0 Å². The zero-order chi connectivity index (χ0) is 21.1. The molecule has 0 heterocycles. The van der Waals surface area contributed by atoms with E-state index in [2.05, 4.69) is 8.37 Å². The molecule has 0 saturated heterocycles. The van der Waals surface area contributed by atoms with E-state index in [0.29, 0.717) is 37.8 Å². The Morgan fingerprint density at radius 3 is 1.21 bits per heavy atom. The fourth-order valence-electron chi connectivity index (χ4n) is 3.59. The zero-order valence-corrected chi connectivity index (χ0v) is 15.3. The summed E-state index contributed by atoms with van der Waals surface area (Å²) in [4.78, 5) is 0. The van der Waals surface area contributed by atoms with Crippen molar-refractivity contribution in [2.24, 2.45) is 0 Å². The minimum Gasteiger partial charge on any atom is -0.376 e. The Bertz CT molecular complexity index is 907. The van der Waals surface area contributed by atoms with Gasteiger partial charge in [-0.1, -0.05) is 0 Å². The Hall–Kier alpha value is -1.70. The van der Waals surface area contributed by atoms with Gasteiger partial charge in [-0.05, 0) is 49.7 Å². The fourth-order valence-corrected chi connectivity index (χ4v) is 4.54. The van der Waals surface area contributed by atoms with Gasteiger partial charge in [0.2, 0.25) is 0 Å². The number of benzene rings is 1. The SMILES string of the molecule is O=S(=O)(Oc1ccc(OS(=O)(=O)C(F)(F)F)c2c1C1CCC2CC1)C(F)(F)F. The molecule has 3 aliphatic carbocycles. The van der Waals surface area contributed by atoms with Gasteiger partial charge in [-0.25, -0.2) is 0 Å². The summed E-state index contributed by atoms with van der Waals surface area (Å²) in [6.07, 6.45) is 1.76. The molecule has 1 aromatic rings. The molecule has 0 atom stereocenters. The summed E-state index contributed by atoms with van der Waals surface area (Å²) in [6, 6.07) is 1.34. The third-order valence-electron chi connectivity index (χ3n) is 4.72. The first-order valence-electron chi connectivity index (χ1n) is 7.82. The van der Waals surface area contributed by atoms with Crippen molar-refractivity contribution in [2.45, 2.75) is 48.5 Å². The summed E-state index contributed by atoms with van der Waals surface area (Å²) >= 11 is 0. The van der Waals surface area contributed by atoms with Crippen LogP contribution in [0.4, 0.5) is 26.3 Å². The normalized spacial score (nSPS) is 22.6. The predicted molar refractivity (Wildman–Crippen MR) is 81.6 cm³/mol. The van der Waals surface area contributed by atoms with Gasteiger partial charge in [-0.2, -0.15) is 43.2 Å². The molecule has 0 unspecified atom stereocenters. The molecule has 4 rings (SSSR count). The predicted octanol–water partition coefficient (Wildman–Crippen LogP) is 3.90. The van der Waals surface area contributed by atoms with Crippen LogP contribution in [0.5, 0.6) is 11.5 Å². The van der Waals surface area contributed by atoms with Gasteiger partial charge in [0.25, 0.3) is 0 Å². The van der Waals surface area contributed by atoms with Crippen LogP contribution >= 0.6 is 0 Å². The van der Waals surface area contributed by atoms with E-state index in [-0.39, 0.29) is 11.1 Å². The van der Waals surface area contributed by atoms with Gasteiger partial charge >= 0.3 is 31.3 Å². The quantitative estimate of drug-likeness (QED) is 0.390. The van der Waals surface area contributed by atoms with Gasteiger partial charge in [0, 0.05) is 11.1 Å². The molecule has 0 radical (unpaired) electrons. The van der Waals surface area contributed by atoms with Crippen molar-refractivity contribution in [1.82, 2.24) is 0 Å². The van der Waals surface area contributed by atoms with Crippen molar-refractivity contribution in [3.63, 3.8) is 0 Å². The number of hydrogen-bond acceptors (Lipinski definition) is 6. The van der Waals surface area contributed by atoms with Crippen LogP contribution < -0.4 is 8.37 Å². The third-order valence-corrected chi connectivity index (χ3v) is 6.65. The molecule has 3 aliphatic rings. The molecule has 28 heavy (non-hydrogen) atoms. The first kappa shape index (κ1) is 21.0. The second-order valence-corrected chi connectivity index (χ2v) is 9.48. The zero-order valence-electron chi connectivity index (χ0n) is 13.7. The van der Waals surface area contributed by atoms with E-state index >= 15 is 0 Å². The Morgan fingerprint density at radius 2 is 0.964 bits per heavy atom. The second-order valence-electron chi connectivity index (χ2n) is 6.40. The molecule has 158 valence electrons. The first-order valence-corrected chi connectivity index (χ1v) is 10.6. The number of fused-ring (bicyclic) bond motifs is 2. The summed E-state index contributed by atoms with van der Waals surface area (Å²) in [5.74, 6) is -2.37. The number of halogens is 6. The Balaban J connectivity index is 2.12. The number of hydrogen-bond donors (Lipinski definition) is 0. The van der Waals surface area contributed by atoms with Crippen molar-refractivity contribution >= 4 is 20.2 Å². The monoisotopic (exact) mass is 454 g/mol. The minimum absolute atomic E-state index is 0.0646. The van der Waals surface area contributed by atoms with E-state index in [0.717, 1.165) is 0 Å². The molecular formula is C14H12F6O6S2. The average molecular weight is 454 g/mol.